The summed E-state index contributed by atoms with van der Waals surface area (Å²) >= 11 is 5.70. The average molecular weight is 199 g/mol. The molecule has 0 aromatic heterocycles. The lowest BCUT2D eigenvalue weighted by Crippen LogP contribution is -1.99. The Kier molecular flexibility index (Phi) is 4.26. The molecule has 0 fully saturated rings. The Balaban J connectivity index is 2.78. The molecule has 13 heavy (non-hydrogen) atoms. The number of rotatable bonds is 4. The molecule has 2 heteroatoms. The van der Waals surface area contributed by atoms with E-state index in [1.807, 2.05) is 12.1 Å². The summed E-state index contributed by atoms with van der Waals surface area (Å²) in [5, 5.41) is 0. The Morgan fingerprint density at radius 3 is 2.31 bits per heavy atom. The van der Waals surface area contributed by atoms with Gasteiger partial charge in [0.2, 0.25) is 0 Å². The molecule has 0 saturated carbocycles. The Labute approximate surface area is 84.7 Å². The van der Waals surface area contributed by atoms with Crippen LogP contribution in [0.5, 0.6) is 0 Å². The van der Waals surface area contributed by atoms with E-state index < -0.39 is 0 Å². The van der Waals surface area contributed by atoms with Gasteiger partial charge in [-0.15, -0.1) is 11.6 Å². The van der Waals surface area contributed by atoms with Crippen LogP contribution >= 0.6 is 11.6 Å². The zero-order valence-corrected chi connectivity index (χ0v) is 8.84. The topological polar surface area (TPSA) is 9.23 Å². The van der Waals surface area contributed by atoms with Gasteiger partial charge >= 0.3 is 0 Å². The van der Waals surface area contributed by atoms with Crippen molar-refractivity contribution in [2.75, 3.05) is 7.11 Å². The second-order valence-corrected chi connectivity index (χ2v) is 3.28. The number of halogens is 1. The fraction of sp³-hybridized carbons (Fsp3) is 0.455. The monoisotopic (exact) mass is 198 g/mol. The van der Waals surface area contributed by atoms with Crippen molar-refractivity contribution in [1.82, 2.24) is 0 Å². The lowest BCUT2D eigenvalue weighted by molar-refractivity contribution is 0.100. The lowest BCUT2D eigenvalue weighted by Gasteiger charge is -2.13. The van der Waals surface area contributed by atoms with E-state index in [0.717, 1.165) is 12.0 Å². The van der Waals surface area contributed by atoms with Crippen LogP contribution in [-0.2, 0) is 10.6 Å². The van der Waals surface area contributed by atoms with E-state index in [1.54, 1.807) is 7.11 Å². The number of methoxy groups -OCH3 is 1. The van der Waals surface area contributed by atoms with Crippen LogP contribution in [-0.4, -0.2) is 7.11 Å². The first-order valence-electron chi connectivity index (χ1n) is 4.49. The predicted molar refractivity (Wildman–Crippen MR) is 56.0 cm³/mol. The van der Waals surface area contributed by atoms with E-state index in [-0.39, 0.29) is 6.10 Å². The molecule has 0 bridgehead atoms. The third-order valence-corrected chi connectivity index (χ3v) is 2.47. The maximum Gasteiger partial charge on any atom is 0.0818 e. The molecular formula is C11H15ClO. The van der Waals surface area contributed by atoms with Gasteiger partial charge in [-0.3, -0.25) is 0 Å². The number of hydrogen-bond donors (Lipinski definition) is 0. The van der Waals surface area contributed by atoms with Crippen molar-refractivity contribution in [3.63, 3.8) is 0 Å². The summed E-state index contributed by atoms with van der Waals surface area (Å²) in [5.41, 5.74) is 2.37. The molecule has 0 heterocycles. The van der Waals surface area contributed by atoms with E-state index in [0.29, 0.717) is 5.88 Å². The second-order valence-electron chi connectivity index (χ2n) is 3.01. The Morgan fingerprint density at radius 1 is 1.31 bits per heavy atom. The van der Waals surface area contributed by atoms with Crippen molar-refractivity contribution in [3.8, 4) is 0 Å². The largest absolute Gasteiger partial charge is 0.377 e. The molecule has 1 nitrogen and oxygen atoms in total. The Morgan fingerprint density at radius 2 is 1.92 bits per heavy atom. The maximum absolute atomic E-state index is 5.70. The van der Waals surface area contributed by atoms with E-state index in [1.165, 1.54) is 5.56 Å². The summed E-state index contributed by atoms with van der Waals surface area (Å²) in [5.74, 6) is 0.573. The van der Waals surface area contributed by atoms with Crippen LogP contribution in [0.4, 0.5) is 0 Å². The quantitative estimate of drug-likeness (QED) is 0.673. The highest BCUT2D eigenvalue weighted by atomic mass is 35.5. The predicted octanol–water partition coefficient (Wildman–Crippen LogP) is 3.52. The van der Waals surface area contributed by atoms with Crippen LogP contribution in [0.25, 0.3) is 0 Å². The van der Waals surface area contributed by atoms with Gasteiger partial charge in [0.15, 0.2) is 0 Å². The highest BCUT2D eigenvalue weighted by molar-refractivity contribution is 6.17. The van der Waals surface area contributed by atoms with E-state index >= 15 is 0 Å². The van der Waals surface area contributed by atoms with Gasteiger partial charge in [-0.05, 0) is 17.5 Å². The highest BCUT2D eigenvalue weighted by Gasteiger charge is 2.06. The van der Waals surface area contributed by atoms with Gasteiger partial charge in [-0.1, -0.05) is 31.2 Å². The molecule has 0 aliphatic rings. The van der Waals surface area contributed by atoms with E-state index in [2.05, 4.69) is 19.1 Å². The summed E-state index contributed by atoms with van der Waals surface area (Å²) in [4.78, 5) is 0. The minimum absolute atomic E-state index is 0.212. The van der Waals surface area contributed by atoms with Crippen LogP contribution in [0.2, 0.25) is 0 Å². The minimum Gasteiger partial charge on any atom is -0.377 e. The number of benzene rings is 1. The van der Waals surface area contributed by atoms with Crippen molar-refractivity contribution in [2.24, 2.45) is 0 Å². The Bertz CT molecular complexity index is 239. The molecule has 1 aromatic rings. The molecule has 0 spiro atoms. The van der Waals surface area contributed by atoms with Crippen molar-refractivity contribution in [3.05, 3.63) is 35.4 Å². The fourth-order valence-corrected chi connectivity index (χ4v) is 1.54. The number of alkyl halides is 1. The maximum atomic E-state index is 5.70. The van der Waals surface area contributed by atoms with Crippen LogP contribution in [0, 0.1) is 0 Å². The molecule has 0 amide bonds. The van der Waals surface area contributed by atoms with E-state index in [4.69, 9.17) is 16.3 Å². The molecule has 1 aromatic carbocycles. The molecule has 0 radical (unpaired) electrons. The van der Waals surface area contributed by atoms with Crippen LogP contribution in [0.15, 0.2) is 24.3 Å². The zero-order chi connectivity index (χ0) is 9.68. The minimum atomic E-state index is 0.212. The molecular weight excluding hydrogens is 184 g/mol. The molecule has 1 unspecified atom stereocenters. The third kappa shape index (κ3) is 2.71. The van der Waals surface area contributed by atoms with Gasteiger partial charge in [0.25, 0.3) is 0 Å². The van der Waals surface area contributed by atoms with Crippen LogP contribution < -0.4 is 0 Å². The Hall–Kier alpha value is -0.530. The first kappa shape index (κ1) is 10.6. The normalized spacial score (nSPS) is 12.8. The average Bonchev–Trinajstić information content (AvgIpc) is 2.21. The smallest absolute Gasteiger partial charge is 0.0818 e. The first-order valence-corrected chi connectivity index (χ1v) is 5.02. The van der Waals surface area contributed by atoms with Gasteiger partial charge in [-0.25, -0.2) is 0 Å². The summed E-state index contributed by atoms with van der Waals surface area (Å²) in [6.07, 6.45) is 1.21. The van der Waals surface area contributed by atoms with Gasteiger partial charge < -0.3 is 4.74 Å². The fourth-order valence-electron chi connectivity index (χ4n) is 1.36. The van der Waals surface area contributed by atoms with Gasteiger partial charge in [0, 0.05) is 13.0 Å². The zero-order valence-electron chi connectivity index (χ0n) is 8.09. The molecule has 0 N–H and O–H groups in total. The van der Waals surface area contributed by atoms with Crippen LogP contribution in [0.1, 0.15) is 30.6 Å². The van der Waals surface area contributed by atoms with Gasteiger partial charge in [0.05, 0.1) is 6.10 Å². The van der Waals surface area contributed by atoms with Crippen molar-refractivity contribution in [1.29, 1.82) is 0 Å². The SMILES string of the molecule is CCC(OC)c1ccc(CCl)cc1. The summed E-state index contributed by atoms with van der Waals surface area (Å²) in [6, 6.07) is 8.25. The van der Waals surface area contributed by atoms with Crippen molar-refractivity contribution < 1.29 is 4.74 Å². The highest BCUT2D eigenvalue weighted by Crippen LogP contribution is 2.20. The van der Waals surface area contributed by atoms with E-state index in [9.17, 15) is 0 Å². The summed E-state index contributed by atoms with van der Waals surface area (Å²) in [6.45, 7) is 2.11. The third-order valence-electron chi connectivity index (χ3n) is 2.16. The van der Waals surface area contributed by atoms with Crippen molar-refractivity contribution in [2.45, 2.75) is 25.3 Å². The summed E-state index contributed by atoms with van der Waals surface area (Å²) in [7, 11) is 1.74. The van der Waals surface area contributed by atoms with Crippen molar-refractivity contribution >= 4 is 11.6 Å². The number of ether oxygens (including phenoxy) is 1. The molecule has 0 saturated heterocycles. The number of hydrogen-bond acceptors (Lipinski definition) is 1. The molecule has 0 aliphatic heterocycles. The molecule has 1 rings (SSSR count). The molecule has 0 aliphatic carbocycles. The first-order chi connectivity index (χ1) is 6.31. The van der Waals surface area contributed by atoms with Gasteiger partial charge in [-0.2, -0.15) is 0 Å². The van der Waals surface area contributed by atoms with Gasteiger partial charge in [0.1, 0.15) is 0 Å². The summed E-state index contributed by atoms with van der Waals surface area (Å²) < 4.78 is 5.33. The van der Waals surface area contributed by atoms with Crippen LogP contribution in [0.3, 0.4) is 0 Å². The second kappa shape index (κ2) is 5.25. The lowest BCUT2D eigenvalue weighted by atomic mass is 10.1. The molecule has 1 atom stereocenters. The standard InChI is InChI=1S/C11H15ClO/c1-3-11(13-2)10-6-4-9(8-12)5-7-10/h4-7,11H,3,8H2,1-2H3. The molecule has 72 valence electrons.